The van der Waals surface area contributed by atoms with Gasteiger partial charge < -0.3 is 48.6 Å². The molecule has 2 aliphatic heterocycles. The number of aliphatic hydroxyl groups is 3. The summed E-state index contributed by atoms with van der Waals surface area (Å²) in [4.78, 5) is 70.8. The first kappa shape index (κ1) is 61.8. The van der Waals surface area contributed by atoms with Gasteiger partial charge in [0.15, 0.2) is 5.78 Å². The van der Waals surface area contributed by atoms with Crippen LogP contribution in [0.1, 0.15) is 113 Å². The molecule has 1 saturated heterocycles. The number of likely N-dealkylation sites (N-methyl/N-ethyl adjacent to an activating group) is 1. The average molecular weight is 1030 g/mol. The number of carbonyl (C=O) groups is 5. The molecule has 0 aromatic carbocycles. The summed E-state index contributed by atoms with van der Waals surface area (Å²) >= 11 is 0. The second-order valence-electron chi connectivity index (χ2n) is 19.9. The van der Waals surface area contributed by atoms with Gasteiger partial charge in [0.1, 0.15) is 30.1 Å². The first-order valence-corrected chi connectivity index (χ1v) is 26.7. The largest absolute Gasteiger partial charge is 0.460 e. The molecule has 1 amide bonds. The lowest BCUT2D eigenvalue weighted by Crippen LogP contribution is -2.59. The number of sulfonamides is 1. The molecule has 4 N–H and O–H groups in total. The molecular formula is C52H84N2O16S. The van der Waals surface area contributed by atoms with Crippen LogP contribution in [0.15, 0.2) is 47.6 Å². The molecule has 404 valence electrons. The van der Waals surface area contributed by atoms with Crippen molar-refractivity contribution in [3.05, 3.63) is 47.6 Å². The Morgan fingerprint density at radius 3 is 2.25 bits per heavy atom. The van der Waals surface area contributed by atoms with Gasteiger partial charge >= 0.3 is 5.97 Å². The van der Waals surface area contributed by atoms with Gasteiger partial charge in [-0.3, -0.25) is 19.2 Å². The summed E-state index contributed by atoms with van der Waals surface area (Å²) in [6, 6.07) is -2.27. The number of cyclic esters (lactones) is 1. The molecule has 0 spiro atoms. The van der Waals surface area contributed by atoms with E-state index >= 15 is 0 Å². The molecule has 3 aliphatic rings. The Hall–Kier alpha value is -3.50. The molecule has 1 saturated carbocycles. The van der Waals surface area contributed by atoms with Crippen molar-refractivity contribution in [2.45, 2.75) is 167 Å². The average Bonchev–Trinajstić information content (AvgIpc) is 3.33. The lowest BCUT2D eigenvalue weighted by molar-refractivity contribution is -0.263. The minimum Gasteiger partial charge on any atom is -0.460 e. The molecule has 3 rings (SSSR count). The van der Waals surface area contributed by atoms with Crippen LogP contribution >= 0.6 is 0 Å². The lowest BCUT2D eigenvalue weighted by Gasteiger charge is -2.42. The fourth-order valence-corrected chi connectivity index (χ4v) is 10.6. The Balaban J connectivity index is 2.03. The highest BCUT2D eigenvalue weighted by molar-refractivity contribution is 7.89. The van der Waals surface area contributed by atoms with Gasteiger partial charge in [0.25, 0.3) is 11.7 Å². The van der Waals surface area contributed by atoms with Crippen LogP contribution in [0.3, 0.4) is 0 Å². The molecule has 71 heavy (non-hydrogen) atoms. The van der Waals surface area contributed by atoms with Crippen molar-refractivity contribution in [2.24, 2.45) is 29.6 Å². The highest BCUT2D eigenvalue weighted by Gasteiger charge is 2.52. The van der Waals surface area contributed by atoms with E-state index in [-0.39, 0.29) is 54.9 Å². The van der Waals surface area contributed by atoms with Crippen LogP contribution in [0.4, 0.5) is 0 Å². The van der Waals surface area contributed by atoms with Crippen molar-refractivity contribution >= 4 is 39.2 Å². The van der Waals surface area contributed by atoms with Gasteiger partial charge in [-0.15, -0.1) is 0 Å². The van der Waals surface area contributed by atoms with Crippen molar-refractivity contribution in [1.29, 1.82) is 0 Å². The van der Waals surface area contributed by atoms with E-state index in [0.717, 1.165) is 17.7 Å². The van der Waals surface area contributed by atoms with E-state index in [4.69, 9.17) is 28.4 Å². The van der Waals surface area contributed by atoms with E-state index in [9.17, 15) is 47.7 Å². The molecule has 19 heteroatoms. The van der Waals surface area contributed by atoms with E-state index in [1.165, 1.54) is 21.1 Å². The molecule has 14 atom stereocenters. The number of esters is 1. The van der Waals surface area contributed by atoms with Crippen LogP contribution in [0.5, 0.6) is 0 Å². The number of ketones is 3. The third-order valence-corrected chi connectivity index (χ3v) is 15.8. The summed E-state index contributed by atoms with van der Waals surface area (Å²) in [6.45, 7) is 11.8. The molecule has 2 fully saturated rings. The molecule has 2 bridgehead atoms. The fourth-order valence-electron chi connectivity index (χ4n) is 9.48. The van der Waals surface area contributed by atoms with Crippen LogP contribution in [-0.4, -0.2) is 166 Å². The Morgan fingerprint density at radius 2 is 1.61 bits per heavy atom. The van der Waals surface area contributed by atoms with E-state index in [0.29, 0.717) is 56.5 Å². The monoisotopic (exact) mass is 1020 g/mol. The number of hydrogen-bond donors (Lipinski definition) is 4. The summed E-state index contributed by atoms with van der Waals surface area (Å²) in [5.41, 5.74) is 0.894. The summed E-state index contributed by atoms with van der Waals surface area (Å²) in [7, 11) is 1.81. The molecule has 0 radical (unpaired) electrons. The third kappa shape index (κ3) is 18.1. The maximum absolute atomic E-state index is 14.1. The molecule has 0 aromatic heterocycles. The molecule has 1 aliphatic carbocycles. The topological polar surface area (TPSA) is 251 Å². The number of amides is 1. The Morgan fingerprint density at radius 1 is 0.901 bits per heavy atom. The van der Waals surface area contributed by atoms with Crippen molar-refractivity contribution in [3.8, 4) is 0 Å². The number of methoxy groups -OCH3 is 3. The number of ether oxygens (including phenoxy) is 6. The van der Waals surface area contributed by atoms with Crippen molar-refractivity contribution in [3.63, 3.8) is 0 Å². The highest BCUT2D eigenvalue weighted by atomic mass is 32.2. The Bertz CT molecular complexity index is 2000. The lowest BCUT2D eigenvalue weighted by atomic mass is 9.78. The summed E-state index contributed by atoms with van der Waals surface area (Å²) < 4.78 is 63.2. The predicted octanol–water partition coefficient (Wildman–Crippen LogP) is 4.34. The third-order valence-electron chi connectivity index (χ3n) is 14.5. The van der Waals surface area contributed by atoms with Gasteiger partial charge in [0.05, 0.1) is 43.9 Å². The minimum absolute atomic E-state index is 0.0451. The molecule has 18 nitrogen and oxygen atoms in total. The number of allylic oxidation sites excluding steroid dienone is 6. The van der Waals surface area contributed by atoms with Crippen molar-refractivity contribution in [1.82, 2.24) is 9.62 Å². The first-order valence-electron chi connectivity index (χ1n) is 25.1. The van der Waals surface area contributed by atoms with Gasteiger partial charge in [-0.05, 0) is 96.0 Å². The second-order valence-corrected chi connectivity index (χ2v) is 21.8. The van der Waals surface area contributed by atoms with Crippen LogP contribution in [0.2, 0.25) is 0 Å². The first-order chi connectivity index (χ1) is 33.4. The second kappa shape index (κ2) is 29.4. The van der Waals surface area contributed by atoms with Crippen LogP contribution in [0.25, 0.3) is 0 Å². The summed E-state index contributed by atoms with van der Waals surface area (Å²) in [5, 5.41) is 32.7. The van der Waals surface area contributed by atoms with Gasteiger partial charge in [-0.1, -0.05) is 69.7 Å². The predicted molar refractivity (Wildman–Crippen MR) is 266 cm³/mol. The number of aliphatic hydroxyl groups excluding tert-OH is 2. The smallest absolute Gasteiger partial charge is 0.328 e. The number of nitrogens with zero attached hydrogens (tertiary/aromatic N) is 1. The van der Waals surface area contributed by atoms with Crippen LogP contribution in [-0.2, 0) is 62.4 Å². The summed E-state index contributed by atoms with van der Waals surface area (Å²) in [6.07, 6.45) is 9.47. The zero-order valence-corrected chi connectivity index (χ0v) is 44.7. The van der Waals surface area contributed by atoms with Crippen molar-refractivity contribution in [2.75, 3.05) is 54.0 Å². The SMILES string of the molecule is COCCO[C@@H]1CC[C@@H](C[C@@H](C)C2CC(=O)C(C)/C=C(\C)C(O)C(OC)C(=O)C(C)CC/C=C/C=C/C=C(\C)C(NS(=O)(=O)CCO)C[C@H]3CC[C@H](C)[C@](O)(O3)C(=O)C(=O)N(C)C(C)C(=O)O2)C[C@H]1OC. The zero-order valence-electron chi connectivity index (χ0n) is 43.9. The van der Waals surface area contributed by atoms with E-state index in [1.54, 1.807) is 79.2 Å². The molecule has 2 heterocycles. The van der Waals surface area contributed by atoms with E-state index < -0.39 is 100 Å². The van der Waals surface area contributed by atoms with Gasteiger partial charge in [-0.25, -0.2) is 17.9 Å². The van der Waals surface area contributed by atoms with Crippen LogP contribution < -0.4 is 4.72 Å². The highest BCUT2D eigenvalue weighted by Crippen LogP contribution is 2.37. The van der Waals surface area contributed by atoms with Gasteiger partial charge in [0, 0.05) is 58.6 Å². The Kier molecular flexibility index (Phi) is 25.6. The van der Waals surface area contributed by atoms with Crippen molar-refractivity contribution < 1.29 is 76.1 Å². The van der Waals surface area contributed by atoms with Crippen LogP contribution in [0, 0.1) is 29.6 Å². The Labute approximate surface area is 422 Å². The zero-order chi connectivity index (χ0) is 53.2. The number of nitrogens with one attached hydrogen (secondary N) is 1. The fraction of sp³-hybridized carbons (Fsp3) is 0.750. The normalized spacial score (nSPS) is 36.3. The maximum atomic E-state index is 14.1. The number of rotatable bonds is 13. The molecular weight excluding hydrogens is 941 g/mol. The molecule has 7 unspecified atom stereocenters. The number of hydrogen-bond acceptors (Lipinski definition) is 16. The molecule has 0 aromatic rings. The maximum Gasteiger partial charge on any atom is 0.328 e. The van der Waals surface area contributed by atoms with Gasteiger partial charge in [0.2, 0.25) is 15.8 Å². The minimum atomic E-state index is -3.99. The summed E-state index contributed by atoms with van der Waals surface area (Å²) in [5.74, 6) is -9.69. The van der Waals surface area contributed by atoms with Gasteiger partial charge in [-0.2, -0.15) is 0 Å². The quantitative estimate of drug-likeness (QED) is 0.0867. The number of Topliss-reactive ketones (excluding diaryl/α,β-unsaturated/α-hetero) is 3. The van der Waals surface area contributed by atoms with E-state index in [1.807, 2.05) is 13.0 Å². The van der Waals surface area contributed by atoms with E-state index in [2.05, 4.69) is 4.72 Å². The number of fused-ring (bicyclic) bond motifs is 2. The standard InChI is InChI=1S/C52H84N2O16S/c1-32-17-15-13-12-14-16-18-33(2)46(57)48(67-11)47(58)36(5)27-34(3)42(56)31-44(35(4)28-39-20-22-43(45(29-39)66-10)68-25-24-65-9)69-51(61)38(7)54(8)50(60)49(59)52(62)37(6)19-21-40(70-52)30-41(32)53-71(63,64)26-23-55/h12-15,17,27,33-35,37-41,43-45,47-48,53,55,58,62H,16,18-26,28-31H2,1-11H3/b14-12+,15-13+,32-17+,36-27+/t33?,34?,35-,37+,38?,39+,40-,41?,43-,44?,45-,47?,48?,52+/m1/s1. The number of carbonyl (C=O) groups excluding carboxylic acids is 5.